The summed E-state index contributed by atoms with van der Waals surface area (Å²) in [5.74, 6) is 0. The van der Waals surface area contributed by atoms with Crippen molar-refractivity contribution < 1.29 is 0 Å². The number of hydrogen-bond acceptors (Lipinski definition) is 0. The van der Waals surface area contributed by atoms with E-state index in [0.717, 1.165) is 0 Å². The van der Waals surface area contributed by atoms with E-state index in [1.54, 1.807) is 0 Å². The quantitative estimate of drug-likeness (QED) is 0.190. The Morgan fingerprint density at radius 1 is 0.537 bits per heavy atom. The summed E-state index contributed by atoms with van der Waals surface area (Å²) < 4.78 is 2.68. The molecule has 1 aliphatic rings. The molecule has 0 saturated heterocycles. The summed E-state index contributed by atoms with van der Waals surface area (Å²) in [5.41, 5.74) is 12.2. The molecule has 0 atom stereocenters. The van der Waals surface area contributed by atoms with Crippen molar-refractivity contribution in [3.8, 4) is 11.1 Å². The van der Waals surface area contributed by atoms with Crippen LogP contribution in [0.5, 0.6) is 0 Å². The molecule has 2 heteroatoms. The molecule has 0 aliphatic carbocycles. The van der Waals surface area contributed by atoms with Crippen LogP contribution in [0, 0.1) is 20.8 Å². The number of fused-ring (bicyclic) bond motifs is 11. The average Bonchev–Trinajstić information content (AvgIpc) is 3.34. The van der Waals surface area contributed by atoms with Gasteiger partial charge < -0.3 is 4.48 Å². The number of benzene rings is 7. The monoisotopic (exact) mass is 521 g/mol. The predicted octanol–water partition coefficient (Wildman–Crippen LogP) is 8.81. The smallest absolute Gasteiger partial charge is 0.329 e. The standard InChI is InChI=1S/C39H28BN/c1-23-20-24(2)38(25(3)21-23)40-33-18-16-26-10-4-7-13-29(26)35(33)32-22-28-12-6-9-15-31(28)37-36-30-14-8-5-11-27(30)17-19-34(36)41(40)39(32)37/h4-22H,1-3H3. The fourth-order valence-electron chi connectivity index (χ4n) is 8.01. The van der Waals surface area contributed by atoms with Gasteiger partial charge in [0.1, 0.15) is 0 Å². The van der Waals surface area contributed by atoms with Crippen LogP contribution in [-0.4, -0.2) is 11.3 Å². The minimum Gasteiger partial charge on any atom is -0.375 e. The summed E-state index contributed by atoms with van der Waals surface area (Å²) in [7, 11) is 0. The first kappa shape index (κ1) is 22.9. The van der Waals surface area contributed by atoms with Gasteiger partial charge in [-0.2, -0.15) is 0 Å². The van der Waals surface area contributed by atoms with Gasteiger partial charge in [0, 0.05) is 27.4 Å². The third kappa shape index (κ3) is 2.97. The second-order valence-electron chi connectivity index (χ2n) is 11.9. The molecule has 7 aromatic carbocycles. The third-order valence-electron chi connectivity index (χ3n) is 9.47. The molecule has 0 spiro atoms. The second-order valence-corrected chi connectivity index (χ2v) is 11.9. The Kier molecular flexibility index (Phi) is 4.54. The van der Waals surface area contributed by atoms with Crippen LogP contribution in [0.15, 0.2) is 115 Å². The molecule has 0 saturated carbocycles. The Balaban J connectivity index is 1.61. The van der Waals surface area contributed by atoms with Gasteiger partial charge in [-0.15, -0.1) is 0 Å². The van der Waals surface area contributed by atoms with Gasteiger partial charge in [0.15, 0.2) is 0 Å². The molecule has 0 unspecified atom stereocenters. The maximum absolute atomic E-state index is 2.68. The first-order valence-electron chi connectivity index (χ1n) is 14.6. The van der Waals surface area contributed by atoms with Crippen LogP contribution >= 0.6 is 0 Å². The zero-order chi connectivity index (χ0) is 27.4. The predicted molar refractivity (Wildman–Crippen MR) is 178 cm³/mol. The number of rotatable bonds is 1. The maximum atomic E-state index is 2.68. The summed E-state index contributed by atoms with van der Waals surface area (Å²) in [4.78, 5) is 0. The summed E-state index contributed by atoms with van der Waals surface area (Å²) in [6.07, 6.45) is 0. The lowest BCUT2D eigenvalue weighted by Gasteiger charge is -2.31. The van der Waals surface area contributed by atoms with Crippen molar-refractivity contribution in [2.75, 3.05) is 0 Å². The Bertz CT molecular complexity index is 2390. The SMILES string of the molecule is Cc1cc(C)c(B2c3ccc4ccccc4c3-c3cc4ccccc4c4c5c6ccccc6ccc5n2c34)c(C)c1. The minimum atomic E-state index is 0.0741. The van der Waals surface area contributed by atoms with Crippen LogP contribution in [0.4, 0.5) is 0 Å². The Hall–Kier alpha value is -4.82. The molecule has 0 N–H and O–H groups in total. The molecule has 8 aromatic rings. The van der Waals surface area contributed by atoms with Gasteiger partial charge in [-0.1, -0.05) is 120 Å². The van der Waals surface area contributed by atoms with Crippen molar-refractivity contribution in [1.82, 2.24) is 4.48 Å². The van der Waals surface area contributed by atoms with E-state index >= 15 is 0 Å². The molecular formula is C39H28BN. The number of nitrogens with zero attached hydrogens (tertiary/aromatic N) is 1. The molecule has 41 heavy (non-hydrogen) atoms. The zero-order valence-electron chi connectivity index (χ0n) is 23.5. The molecule has 9 rings (SSSR count). The molecule has 1 aliphatic heterocycles. The molecule has 2 heterocycles. The first-order chi connectivity index (χ1) is 20.1. The van der Waals surface area contributed by atoms with Crippen molar-refractivity contribution in [3.05, 3.63) is 132 Å². The van der Waals surface area contributed by atoms with Crippen LogP contribution < -0.4 is 10.9 Å². The Labute approximate surface area is 239 Å². The molecule has 0 fully saturated rings. The molecule has 192 valence electrons. The average molecular weight is 521 g/mol. The Morgan fingerprint density at radius 2 is 1.12 bits per heavy atom. The largest absolute Gasteiger partial charge is 0.375 e. The molecule has 0 amide bonds. The van der Waals surface area contributed by atoms with Gasteiger partial charge in [-0.05, 0) is 81.7 Å². The van der Waals surface area contributed by atoms with Crippen LogP contribution in [0.3, 0.4) is 0 Å². The first-order valence-corrected chi connectivity index (χ1v) is 14.6. The summed E-state index contributed by atoms with van der Waals surface area (Å²) in [5, 5.41) is 10.6. The van der Waals surface area contributed by atoms with E-state index < -0.39 is 0 Å². The summed E-state index contributed by atoms with van der Waals surface area (Å²) in [6.45, 7) is 6.88. The van der Waals surface area contributed by atoms with E-state index in [2.05, 4.69) is 141 Å². The minimum absolute atomic E-state index is 0.0741. The molecule has 1 aromatic heterocycles. The molecule has 0 radical (unpaired) electrons. The van der Waals surface area contributed by atoms with Crippen LogP contribution in [-0.2, 0) is 0 Å². The van der Waals surface area contributed by atoms with E-state index in [4.69, 9.17) is 0 Å². The van der Waals surface area contributed by atoms with Crippen LogP contribution in [0.2, 0.25) is 0 Å². The van der Waals surface area contributed by atoms with E-state index in [1.807, 2.05) is 0 Å². The van der Waals surface area contributed by atoms with Crippen LogP contribution in [0.25, 0.3) is 65.3 Å². The van der Waals surface area contributed by atoms with Crippen molar-refractivity contribution in [2.45, 2.75) is 20.8 Å². The highest BCUT2D eigenvalue weighted by molar-refractivity contribution is 6.88. The number of hydrogen-bond donors (Lipinski definition) is 0. The fraction of sp³-hybridized carbons (Fsp3) is 0.0769. The van der Waals surface area contributed by atoms with Crippen molar-refractivity contribution in [1.29, 1.82) is 0 Å². The van der Waals surface area contributed by atoms with Crippen molar-refractivity contribution in [3.63, 3.8) is 0 Å². The highest BCUT2D eigenvalue weighted by atomic mass is 14.9. The van der Waals surface area contributed by atoms with E-state index in [-0.39, 0.29) is 6.85 Å². The van der Waals surface area contributed by atoms with Crippen molar-refractivity contribution >= 4 is 71.9 Å². The van der Waals surface area contributed by atoms with Gasteiger partial charge in [-0.3, -0.25) is 0 Å². The Morgan fingerprint density at radius 3 is 1.85 bits per heavy atom. The normalized spacial score (nSPS) is 12.7. The fourth-order valence-corrected chi connectivity index (χ4v) is 8.01. The highest BCUT2D eigenvalue weighted by Crippen LogP contribution is 2.46. The third-order valence-corrected chi connectivity index (χ3v) is 9.47. The van der Waals surface area contributed by atoms with Gasteiger partial charge in [0.25, 0.3) is 0 Å². The van der Waals surface area contributed by atoms with Gasteiger partial charge in [0.2, 0.25) is 0 Å². The van der Waals surface area contributed by atoms with E-state index in [9.17, 15) is 0 Å². The summed E-state index contributed by atoms with van der Waals surface area (Å²) >= 11 is 0. The van der Waals surface area contributed by atoms with Gasteiger partial charge in [-0.25, -0.2) is 0 Å². The van der Waals surface area contributed by atoms with E-state index in [0.29, 0.717) is 0 Å². The molecule has 0 bridgehead atoms. The summed E-state index contributed by atoms with van der Waals surface area (Å²) in [6, 6.07) is 43.3. The van der Waals surface area contributed by atoms with E-state index in [1.165, 1.54) is 92.9 Å². The topological polar surface area (TPSA) is 4.93 Å². The molecule has 1 nitrogen and oxygen atoms in total. The lowest BCUT2D eigenvalue weighted by atomic mass is 9.45. The van der Waals surface area contributed by atoms with Gasteiger partial charge in [0.05, 0.1) is 0 Å². The second kappa shape index (κ2) is 8.11. The number of aryl methyl sites for hydroxylation is 3. The highest BCUT2D eigenvalue weighted by Gasteiger charge is 2.37. The lowest BCUT2D eigenvalue weighted by Crippen LogP contribution is -2.53. The van der Waals surface area contributed by atoms with Gasteiger partial charge >= 0.3 is 6.85 Å². The zero-order valence-corrected chi connectivity index (χ0v) is 23.5. The number of aromatic nitrogens is 1. The van der Waals surface area contributed by atoms with Crippen LogP contribution in [0.1, 0.15) is 16.7 Å². The van der Waals surface area contributed by atoms with Crippen molar-refractivity contribution in [2.24, 2.45) is 0 Å². The lowest BCUT2D eigenvalue weighted by molar-refractivity contribution is 1.30. The molecular weight excluding hydrogens is 493 g/mol. The maximum Gasteiger partial charge on any atom is 0.329 e.